The van der Waals surface area contributed by atoms with Crippen molar-refractivity contribution in [3.63, 3.8) is 0 Å². The van der Waals surface area contributed by atoms with Gasteiger partial charge in [0.2, 0.25) is 0 Å². The van der Waals surface area contributed by atoms with Crippen LogP contribution >= 0.6 is 0 Å². The Morgan fingerprint density at radius 2 is 2.17 bits per heavy atom. The van der Waals surface area contributed by atoms with Gasteiger partial charge in [0.1, 0.15) is 0 Å². The number of carbonyl (C=O) groups excluding carboxylic acids is 1. The molecule has 6 heteroatoms. The highest BCUT2D eigenvalue weighted by atomic mass is 16.1. The molecule has 6 nitrogen and oxygen atoms in total. The van der Waals surface area contributed by atoms with Gasteiger partial charge >= 0.3 is 0 Å². The topological polar surface area (TPSA) is 62.5 Å². The molecule has 0 spiro atoms. The Morgan fingerprint density at radius 3 is 3.08 bits per heavy atom. The molecule has 0 bridgehead atoms. The van der Waals surface area contributed by atoms with E-state index in [0.717, 1.165) is 17.9 Å². The fourth-order valence-electron chi connectivity index (χ4n) is 4.35. The van der Waals surface area contributed by atoms with E-state index in [9.17, 15) is 4.79 Å². The zero-order valence-electron chi connectivity index (χ0n) is 14.2. The van der Waals surface area contributed by atoms with Crippen LogP contribution in [0.15, 0.2) is 18.5 Å². The number of hydrogen-bond donors (Lipinski definition) is 1. The number of aryl methyl sites for hydroxylation is 1. The van der Waals surface area contributed by atoms with Crippen molar-refractivity contribution in [1.29, 1.82) is 0 Å². The van der Waals surface area contributed by atoms with Crippen molar-refractivity contribution < 1.29 is 4.79 Å². The summed E-state index contributed by atoms with van der Waals surface area (Å²) < 4.78 is 1.72. The van der Waals surface area contributed by atoms with Gasteiger partial charge in [-0.15, -0.1) is 0 Å². The first-order chi connectivity index (χ1) is 11.7. The van der Waals surface area contributed by atoms with E-state index in [2.05, 4.69) is 20.3 Å². The number of carbonyl (C=O) groups is 1. The van der Waals surface area contributed by atoms with Crippen molar-refractivity contribution >= 4 is 11.6 Å². The zero-order chi connectivity index (χ0) is 16.5. The summed E-state index contributed by atoms with van der Waals surface area (Å²) in [6.07, 6.45) is 9.76. The summed E-state index contributed by atoms with van der Waals surface area (Å²) in [5.74, 6) is 0.537. The van der Waals surface area contributed by atoms with Crippen LogP contribution in [0.3, 0.4) is 0 Å². The molecule has 0 saturated carbocycles. The molecule has 4 heterocycles. The number of rotatable bonds is 3. The second-order valence-electron chi connectivity index (χ2n) is 7.07. The van der Waals surface area contributed by atoms with Crippen LogP contribution in [0.1, 0.15) is 48.2 Å². The maximum absolute atomic E-state index is 12.6. The third-order valence-corrected chi connectivity index (χ3v) is 5.65. The van der Waals surface area contributed by atoms with Crippen LogP contribution in [-0.4, -0.2) is 51.1 Å². The summed E-state index contributed by atoms with van der Waals surface area (Å²) in [7, 11) is 0. The smallest absolute Gasteiger partial charge is 0.254 e. The Hall–Kier alpha value is -1.95. The fraction of sp³-hybridized carbons (Fsp3) is 0.611. The first-order valence-electron chi connectivity index (χ1n) is 9.05. The number of amides is 1. The quantitative estimate of drug-likeness (QED) is 0.937. The summed E-state index contributed by atoms with van der Waals surface area (Å²) in [6.45, 7) is 5.14. The van der Waals surface area contributed by atoms with Gasteiger partial charge in [0.05, 0.1) is 17.5 Å². The summed E-state index contributed by atoms with van der Waals surface area (Å²) in [5, 5.41) is 7.39. The largest absolute Gasteiger partial charge is 0.352 e. The Kier molecular flexibility index (Phi) is 4.22. The average molecular weight is 327 g/mol. The van der Waals surface area contributed by atoms with Gasteiger partial charge in [-0.25, -0.2) is 9.50 Å². The zero-order valence-corrected chi connectivity index (χ0v) is 14.2. The van der Waals surface area contributed by atoms with Crippen molar-refractivity contribution in [2.75, 3.05) is 19.6 Å². The Balaban J connectivity index is 1.44. The molecule has 2 saturated heterocycles. The van der Waals surface area contributed by atoms with Crippen LogP contribution in [0.4, 0.5) is 0 Å². The molecule has 128 valence electrons. The Labute approximate surface area is 142 Å². The highest BCUT2D eigenvalue weighted by Crippen LogP contribution is 2.30. The number of piperidine rings is 2. The molecule has 2 aliphatic rings. The van der Waals surface area contributed by atoms with Gasteiger partial charge in [-0.3, -0.25) is 4.79 Å². The minimum Gasteiger partial charge on any atom is -0.352 e. The van der Waals surface area contributed by atoms with Crippen LogP contribution < -0.4 is 5.32 Å². The highest BCUT2D eigenvalue weighted by Gasteiger charge is 2.33. The number of nitrogens with one attached hydrogen (secondary N) is 1. The molecule has 2 aliphatic heterocycles. The van der Waals surface area contributed by atoms with Gasteiger partial charge in [0.25, 0.3) is 5.91 Å². The lowest BCUT2D eigenvalue weighted by Crippen LogP contribution is -2.51. The van der Waals surface area contributed by atoms with Gasteiger partial charge in [-0.1, -0.05) is 6.42 Å². The maximum Gasteiger partial charge on any atom is 0.254 e. The predicted molar refractivity (Wildman–Crippen MR) is 92.0 cm³/mol. The minimum atomic E-state index is -0.0367. The van der Waals surface area contributed by atoms with Crippen molar-refractivity contribution in [1.82, 2.24) is 24.8 Å². The molecule has 2 unspecified atom stereocenters. The van der Waals surface area contributed by atoms with Crippen molar-refractivity contribution in [3.05, 3.63) is 29.7 Å². The average Bonchev–Trinajstić information content (AvgIpc) is 3.09. The first kappa shape index (κ1) is 15.6. The number of hydrogen-bond acceptors (Lipinski definition) is 4. The van der Waals surface area contributed by atoms with E-state index >= 15 is 0 Å². The van der Waals surface area contributed by atoms with E-state index in [1.807, 2.05) is 13.0 Å². The van der Waals surface area contributed by atoms with Gasteiger partial charge < -0.3 is 10.2 Å². The van der Waals surface area contributed by atoms with Gasteiger partial charge in [0, 0.05) is 24.8 Å². The molecule has 0 aromatic carbocycles. The van der Waals surface area contributed by atoms with E-state index in [4.69, 9.17) is 0 Å². The minimum absolute atomic E-state index is 0.0367. The molecule has 1 amide bonds. The predicted octanol–water partition coefficient (Wildman–Crippen LogP) is 2.03. The van der Waals surface area contributed by atoms with E-state index < -0.39 is 0 Å². The number of aromatic nitrogens is 3. The van der Waals surface area contributed by atoms with Gasteiger partial charge in [0.15, 0.2) is 5.65 Å². The molecule has 2 atom stereocenters. The van der Waals surface area contributed by atoms with Crippen LogP contribution in [0.5, 0.6) is 0 Å². The number of fused-ring (bicyclic) bond motifs is 2. The molecule has 24 heavy (non-hydrogen) atoms. The fourth-order valence-corrected chi connectivity index (χ4v) is 4.35. The number of nitrogens with zero attached hydrogens (tertiary/aromatic N) is 4. The SMILES string of the molecule is Cc1c(C(=O)NCC2CCCN3CCCCC23)cnc2ccnn12. The normalized spacial score (nSPS) is 24.7. The van der Waals surface area contributed by atoms with Gasteiger partial charge in [-0.05, 0) is 51.6 Å². The third kappa shape index (κ3) is 2.79. The van der Waals surface area contributed by atoms with Crippen LogP contribution in [0.25, 0.3) is 5.65 Å². The lowest BCUT2D eigenvalue weighted by molar-refractivity contribution is 0.0575. The van der Waals surface area contributed by atoms with E-state index in [-0.39, 0.29) is 5.91 Å². The Bertz CT molecular complexity index is 738. The monoisotopic (exact) mass is 327 g/mol. The van der Waals surface area contributed by atoms with Gasteiger partial charge in [-0.2, -0.15) is 5.10 Å². The molecule has 0 radical (unpaired) electrons. The Morgan fingerprint density at radius 1 is 1.29 bits per heavy atom. The van der Waals surface area contributed by atoms with Crippen molar-refractivity contribution in [2.45, 2.75) is 45.1 Å². The van der Waals surface area contributed by atoms with Crippen LogP contribution in [-0.2, 0) is 0 Å². The van der Waals surface area contributed by atoms with Crippen molar-refractivity contribution in [3.8, 4) is 0 Å². The summed E-state index contributed by atoms with van der Waals surface area (Å²) in [6, 6.07) is 2.49. The molecule has 2 fully saturated rings. The molecule has 2 aromatic heterocycles. The van der Waals surface area contributed by atoms with E-state index in [1.165, 1.54) is 45.2 Å². The second-order valence-corrected chi connectivity index (χ2v) is 7.07. The van der Waals surface area contributed by atoms with E-state index in [1.54, 1.807) is 16.9 Å². The molecule has 2 aromatic rings. The summed E-state index contributed by atoms with van der Waals surface area (Å²) in [4.78, 5) is 19.6. The van der Waals surface area contributed by atoms with Crippen LogP contribution in [0, 0.1) is 12.8 Å². The maximum atomic E-state index is 12.6. The molecule has 1 N–H and O–H groups in total. The van der Waals surface area contributed by atoms with E-state index in [0.29, 0.717) is 17.5 Å². The first-order valence-corrected chi connectivity index (χ1v) is 9.05. The van der Waals surface area contributed by atoms with Crippen LogP contribution in [0.2, 0.25) is 0 Å². The second kappa shape index (κ2) is 6.51. The summed E-state index contributed by atoms with van der Waals surface area (Å²) in [5.41, 5.74) is 2.22. The highest BCUT2D eigenvalue weighted by molar-refractivity contribution is 5.95. The summed E-state index contributed by atoms with van der Waals surface area (Å²) >= 11 is 0. The lowest BCUT2D eigenvalue weighted by Gasteiger charge is -2.44. The lowest BCUT2D eigenvalue weighted by atomic mass is 9.83. The molecule has 4 rings (SSSR count). The standard InChI is InChI=1S/C18H25N5O/c1-13-15(12-19-17-7-8-21-23(13)17)18(24)20-11-14-5-4-10-22-9-3-2-6-16(14)22/h7-8,12,14,16H,2-6,9-11H2,1H3,(H,20,24). The molecular formula is C18H25N5O. The molecule has 0 aliphatic carbocycles. The molecular weight excluding hydrogens is 302 g/mol. The van der Waals surface area contributed by atoms with Crippen molar-refractivity contribution in [2.24, 2.45) is 5.92 Å². The third-order valence-electron chi connectivity index (χ3n) is 5.65.